The first kappa shape index (κ1) is 17.4. The molecule has 0 bridgehead atoms. The summed E-state index contributed by atoms with van der Waals surface area (Å²) in [4.78, 5) is 1.32. The Hall–Kier alpha value is 0.01000. The molecule has 0 amide bonds. The van der Waals surface area contributed by atoms with Gasteiger partial charge in [0.05, 0.1) is 3.79 Å². The van der Waals surface area contributed by atoms with Crippen LogP contribution in [0.4, 0.5) is 0 Å². The van der Waals surface area contributed by atoms with Gasteiger partial charge in [0.2, 0.25) is 10.0 Å². The van der Waals surface area contributed by atoms with Crippen molar-refractivity contribution < 1.29 is 13.2 Å². The first-order valence-electron chi connectivity index (χ1n) is 6.84. The summed E-state index contributed by atoms with van der Waals surface area (Å²) >= 11 is 4.80. The second-order valence-corrected chi connectivity index (χ2v) is 9.64. The summed E-state index contributed by atoms with van der Waals surface area (Å²) in [7, 11) is 0.0509. The zero-order valence-electron chi connectivity index (χ0n) is 12.2. The molecule has 0 radical (unpaired) electrons. The Morgan fingerprint density at radius 1 is 1.48 bits per heavy atom. The Bertz CT molecular complexity index is 582. The number of ether oxygens (including phenoxy) is 1. The largest absolute Gasteiger partial charge is 0.385 e. The lowest BCUT2D eigenvalue weighted by atomic mass is 10.0. The van der Waals surface area contributed by atoms with Crippen molar-refractivity contribution in [3.8, 4) is 0 Å². The van der Waals surface area contributed by atoms with E-state index in [-0.39, 0.29) is 5.41 Å². The van der Waals surface area contributed by atoms with Gasteiger partial charge in [-0.05, 0) is 53.7 Å². The monoisotopic (exact) mass is 396 g/mol. The predicted octanol–water partition coefficient (Wildman–Crippen LogP) is 2.33. The van der Waals surface area contributed by atoms with Gasteiger partial charge < -0.3 is 10.1 Å². The maximum atomic E-state index is 12.4. The second kappa shape index (κ2) is 7.06. The van der Waals surface area contributed by atoms with Crippen molar-refractivity contribution in [3.63, 3.8) is 0 Å². The minimum atomic E-state index is -3.46. The van der Waals surface area contributed by atoms with Gasteiger partial charge in [0.15, 0.2) is 0 Å². The molecule has 0 saturated heterocycles. The highest BCUT2D eigenvalue weighted by molar-refractivity contribution is 9.11. The zero-order valence-corrected chi connectivity index (χ0v) is 15.5. The van der Waals surface area contributed by atoms with Crippen molar-refractivity contribution in [2.45, 2.75) is 30.7 Å². The Kier molecular flexibility index (Phi) is 5.84. The third-order valence-electron chi connectivity index (χ3n) is 3.78. The Labute approximate surface area is 138 Å². The first-order valence-corrected chi connectivity index (χ1v) is 9.93. The molecular formula is C13H21BrN2O3S2. The molecule has 2 N–H and O–H groups in total. The van der Waals surface area contributed by atoms with Gasteiger partial charge in [0, 0.05) is 31.7 Å². The molecule has 0 atom stereocenters. The van der Waals surface area contributed by atoms with E-state index in [1.807, 2.05) is 7.05 Å². The molecule has 21 heavy (non-hydrogen) atoms. The Balaban J connectivity index is 2.02. The molecule has 1 fully saturated rings. The summed E-state index contributed by atoms with van der Waals surface area (Å²) < 4.78 is 33.4. The molecule has 5 nitrogen and oxygen atoms in total. The van der Waals surface area contributed by atoms with Crippen LogP contribution in [0.15, 0.2) is 14.7 Å². The van der Waals surface area contributed by atoms with Crippen molar-refractivity contribution in [3.05, 3.63) is 14.7 Å². The molecule has 0 spiro atoms. The van der Waals surface area contributed by atoms with E-state index in [1.165, 1.54) is 11.3 Å². The van der Waals surface area contributed by atoms with E-state index in [1.54, 1.807) is 13.2 Å². The molecule has 1 heterocycles. The number of sulfonamides is 1. The lowest BCUT2D eigenvalue weighted by Gasteiger charge is -2.15. The Morgan fingerprint density at radius 2 is 2.19 bits per heavy atom. The summed E-state index contributed by atoms with van der Waals surface area (Å²) in [5, 5.41) is 3.03. The zero-order chi connectivity index (χ0) is 15.5. The third kappa shape index (κ3) is 4.49. The maximum absolute atomic E-state index is 12.4. The third-order valence-corrected chi connectivity index (χ3v) is 7.43. The van der Waals surface area contributed by atoms with Crippen molar-refractivity contribution in [2.75, 3.05) is 27.3 Å². The van der Waals surface area contributed by atoms with Gasteiger partial charge >= 0.3 is 0 Å². The Morgan fingerprint density at radius 3 is 2.76 bits per heavy atom. The average Bonchev–Trinajstić information content (AvgIpc) is 3.11. The predicted molar refractivity (Wildman–Crippen MR) is 88.1 cm³/mol. The number of halogens is 1. The number of rotatable bonds is 9. The molecular weight excluding hydrogens is 376 g/mol. The van der Waals surface area contributed by atoms with Crippen LogP contribution in [-0.4, -0.2) is 35.7 Å². The van der Waals surface area contributed by atoms with E-state index in [4.69, 9.17) is 4.74 Å². The van der Waals surface area contributed by atoms with Gasteiger partial charge in [-0.3, -0.25) is 0 Å². The van der Waals surface area contributed by atoms with E-state index >= 15 is 0 Å². The summed E-state index contributed by atoms with van der Waals surface area (Å²) in [5.74, 6) is 0. The van der Waals surface area contributed by atoms with Crippen LogP contribution in [0.2, 0.25) is 0 Å². The van der Waals surface area contributed by atoms with Crippen LogP contribution in [0.5, 0.6) is 0 Å². The van der Waals surface area contributed by atoms with E-state index in [0.717, 1.165) is 24.1 Å². The van der Waals surface area contributed by atoms with Crippen molar-refractivity contribution in [1.29, 1.82) is 0 Å². The van der Waals surface area contributed by atoms with Crippen molar-refractivity contribution >= 4 is 37.3 Å². The highest BCUT2D eigenvalue weighted by Gasteiger charge is 2.42. The normalized spacial score (nSPS) is 17.1. The van der Waals surface area contributed by atoms with Crippen LogP contribution in [0.1, 0.15) is 24.1 Å². The van der Waals surface area contributed by atoms with E-state index < -0.39 is 10.0 Å². The molecule has 1 saturated carbocycles. The van der Waals surface area contributed by atoms with Crippen LogP contribution in [0.3, 0.4) is 0 Å². The van der Waals surface area contributed by atoms with Crippen LogP contribution in [-0.2, 0) is 21.3 Å². The van der Waals surface area contributed by atoms with Gasteiger partial charge in [0.25, 0.3) is 0 Å². The standard InChI is InChI=1S/C13H21BrN2O3S2/c1-15-8-10-7-11(12(14)20-10)21(17,18)16-9-13(3-4-13)5-6-19-2/h7,15-16H,3-6,8-9H2,1-2H3. The second-order valence-electron chi connectivity index (χ2n) is 5.45. The number of thiophene rings is 1. The fraction of sp³-hybridized carbons (Fsp3) is 0.692. The van der Waals surface area contributed by atoms with Gasteiger partial charge in [0.1, 0.15) is 4.90 Å². The molecule has 1 aliphatic rings. The van der Waals surface area contributed by atoms with Gasteiger partial charge in [-0.25, -0.2) is 13.1 Å². The summed E-state index contributed by atoms with van der Waals surface area (Å²) in [6.45, 7) is 1.83. The summed E-state index contributed by atoms with van der Waals surface area (Å²) in [6, 6.07) is 1.72. The van der Waals surface area contributed by atoms with Crippen LogP contribution >= 0.6 is 27.3 Å². The van der Waals surface area contributed by atoms with Gasteiger partial charge in [-0.1, -0.05) is 0 Å². The lowest BCUT2D eigenvalue weighted by Crippen LogP contribution is -2.30. The van der Waals surface area contributed by atoms with E-state index in [2.05, 4.69) is 26.0 Å². The highest BCUT2D eigenvalue weighted by atomic mass is 79.9. The van der Waals surface area contributed by atoms with Crippen LogP contribution in [0.25, 0.3) is 0 Å². The molecule has 1 aromatic rings. The van der Waals surface area contributed by atoms with E-state index in [9.17, 15) is 8.42 Å². The topological polar surface area (TPSA) is 67.4 Å². The van der Waals surface area contributed by atoms with Crippen molar-refractivity contribution in [1.82, 2.24) is 10.0 Å². The molecule has 1 aliphatic carbocycles. The SMILES string of the molecule is CNCc1cc(S(=O)(=O)NCC2(CCOC)CC2)c(Br)s1. The highest BCUT2D eigenvalue weighted by Crippen LogP contribution is 2.48. The lowest BCUT2D eigenvalue weighted by molar-refractivity contribution is 0.173. The molecule has 0 aromatic carbocycles. The average molecular weight is 397 g/mol. The molecule has 120 valence electrons. The van der Waals surface area contributed by atoms with Gasteiger partial charge in [-0.15, -0.1) is 11.3 Å². The molecule has 0 unspecified atom stereocenters. The molecule has 0 aliphatic heterocycles. The van der Waals surface area contributed by atoms with E-state index in [0.29, 0.717) is 28.4 Å². The minimum absolute atomic E-state index is 0.0966. The maximum Gasteiger partial charge on any atom is 0.242 e. The number of methoxy groups -OCH3 is 1. The smallest absolute Gasteiger partial charge is 0.242 e. The fourth-order valence-corrected chi connectivity index (χ4v) is 6.03. The minimum Gasteiger partial charge on any atom is -0.385 e. The fourth-order valence-electron chi connectivity index (χ4n) is 2.18. The molecule has 8 heteroatoms. The van der Waals surface area contributed by atoms with Crippen LogP contribution < -0.4 is 10.0 Å². The van der Waals surface area contributed by atoms with Crippen LogP contribution in [0, 0.1) is 5.41 Å². The summed E-state index contributed by atoms with van der Waals surface area (Å²) in [5.41, 5.74) is 0.0966. The molecule has 2 rings (SSSR count). The molecule has 1 aromatic heterocycles. The first-order chi connectivity index (χ1) is 9.92. The summed E-state index contributed by atoms with van der Waals surface area (Å²) in [6.07, 6.45) is 3.03. The van der Waals surface area contributed by atoms with Crippen molar-refractivity contribution in [2.24, 2.45) is 5.41 Å². The number of hydrogen-bond donors (Lipinski definition) is 2. The number of hydrogen-bond acceptors (Lipinski definition) is 5. The quantitative estimate of drug-likeness (QED) is 0.671. The van der Waals surface area contributed by atoms with Gasteiger partial charge in [-0.2, -0.15) is 0 Å². The number of nitrogens with one attached hydrogen (secondary N) is 2.